The molecule has 5 heteroatoms. The Kier molecular flexibility index (Phi) is 2.20. The summed E-state index contributed by atoms with van der Waals surface area (Å²) in [6, 6.07) is 14.1. The minimum atomic E-state index is -0.179. The third-order valence-corrected chi connectivity index (χ3v) is 3.35. The molecule has 0 unspecified atom stereocenters. The Morgan fingerprint density at radius 3 is 2.80 bits per heavy atom. The molecule has 0 aliphatic rings. The number of hydrogen-bond donors (Lipinski definition) is 1. The number of H-pyrrole nitrogens is 1. The van der Waals surface area contributed by atoms with Crippen LogP contribution < -0.4 is 5.56 Å². The van der Waals surface area contributed by atoms with Gasteiger partial charge in [0.2, 0.25) is 0 Å². The summed E-state index contributed by atoms with van der Waals surface area (Å²) in [6.45, 7) is 0. The Bertz CT molecular complexity index is 984. The molecule has 0 saturated carbocycles. The molecule has 20 heavy (non-hydrogen) atoms. The van der Waals surface area contributed by atoms with E-state index in [0.29, 0.717) is 11.0 Å². The van der Waals surface area contributed by atoms with Crippen LogP contribution in [0.25, 0.3) is 27.5 Å². The van der Waals surface area contributed by atoms with Crippen molar-refractivity contribution in [1.29, 1.82) is 0 Å². The summed E-state index contributed by atoms with van der Waals surface area (Å²) in [5.74, 6) is 0. The van der Waals surface area contributed by atoms with Gasteiger partial charge in [-0.1, -0.05) is 30.3 Å². The highest BCUT2D eigenvalue weighted by atomic mass is 16.1. The lowest BCUT2D eigenvalue weighted by Crippen LogP contribution is -2.06. The SMILES string of the molecule is O=c1[nH]cnc2c1cnn2-c1ccc2ccccc2c1. The number of nitrogens with one attached hydrogen (secondary N) is 1. The predicted octanol–water partition coefficient (Wildman–Crippen LogP) is 2.26. The average Bonchev–Trinajstić information content (AvgIpc) is 2.92. The summed E-state index contributed by atoms with van der Waals surface area (Å²) in [6.07, 6.45) is 2.93. The van der Waals surface area contributed by atoms with Crippen molar-refractivity contribution in [3.63, 3.8) is 0 Å². The van der Waals surface area contributed by atoms with E-state index in [1.165, 1.54) is 17.9 Å². The smallest absolute Gasteiger partial charge is 0.261 e. The lowest BCUT2D eigenvalue weighted by Gasteiger charge is -2.04. The first-order valence-electron chi connectivity index (χ1n) is 6.23. The van der Waals surface area contributed by atoms with Crippen LogP contribution in [0.4, 0.5) is 0 Å². The molecular weight excluding hydrogens is 252 g/mol. The molecule has 0 atom stereocenters. The van der Waals surface area contributed by atoms with E-state index < -0.39 is 0 Å². The second kappa shape index (κ2) is 4.03. The van der Waals surface area contributed by atoms with Gasteiger partial charge in [-0.2, -0.15) is 5.10 Å². The van der Waals surface area contributed by atoms with Crippen LogP contribution in [-0.4, -0.2) is 19.7 Å². The topological polar surface area (TPSA) is 63.6 Å². The van der Waals surface area contributed by atoms with E-state index in [2.05, 4.69) is 21.1 Å². The van der Waals surface area contributed by atoms with Crippen LogP contribution in [0.2, 0.25) is 0 Å². The van der Waals surface area contributed by atoms with Gasteiger partial charge in [-0.15, -0.1) is 0 Å². The van der Waals surface area contributed by atoms with Crippen LogP contribution >= 0.6 is 0 Å². The fourth-order valence-corrected chi connectivity index (χ4v) is 2.35. The number of hydrogen-bond acceptors (Lipinski definition) is 3. The lowest BCUT2D eigenvalue weighted by atomic mass is 10.1. The van der Waals surface area contributed by atoms with Crippen molar-refractivity contribution < 1.29 is 0 Å². The summed E-state index contributed by atoms with van der Waals surface area (Å²) >= 11 is 0. The van der Waals surface area contributed by atoms with Crippen molar-refractivity contribution in [3.05, 3.63) is 65.3 Å². The average molecular weight is 262 g/mol. The number of fused-ring (bicyclic) bond motifs is 2. The molecule has 0 radical (unpaired) electrons. The fourth-order valence-electron chi connectivity index (χ4n) is 2.35. The number of aromatic nitrogens is 4. The zero-order valence-corrected chi connectivity index (χ0v) is 10.4. The second-order valence-corrected chi connectivity index (χ2v) is 4.56. The molecule has 4 rings (SSSR count). The number of benzene rings is 2. The molecule has 0 aliphatic heterocycles. The normalized spacial score (nSPS) is 11.2. The molecule has 0 saturated heterocycles. The first-order valence-corrected chi connectivity index (χ1v) is 6.23. The van der Waals surface area contributed by atoms with E-state index in [4.69, 9.17) is 0 Å². The highest BCUT2D eigenvalue weighted by molar-refractivity contribution is 5.85. The van der Waals surface area contributed by atoms with Gasteiger partial charge in [0.25, 0.3) is 5.56 Å². The van der Waals surface area contributed by atoms with Gasteiger partial charge >= 0.3 is 0 Å². The van der Waals surface area contributed by atoms with Crippen molar-refractivity contribution >= 4 is 21.8 Å². The Hall–Kier alpha value is -2.95. The van der Waals surface area contributed by atoms with E-state index in [-0.39, 0.29) is 5.56 Å². The summed E-state index contributed by atoms with van der Waals surface area (Å²) in [7, 11) is 0. The molecule has 0 aliphatic carbocycles. The molecular formula is C15H10N4O. The Balaban J connectivity index is 2.01. The van der Waals surface area contributed by atoms with Gasteiger partial charge < -0.3 is 4.98 Å². The second-order valence-electron chi connectivity index (χ2n) is 4.56. The minimum Gasteiger partial charge on any atom is -0.312 e. The van der Waals surface area contributed by atoms with Crippen LogP contribution in [-0.2, 0) is 0 Å². The molecule has 0 bridgehead atoms. The van der Waals surface area contributed by atoms with Crippen LogP contribution in [0.15, 0.2) is 59.8 Å². The van der Waals surface area contributed by atoms with E-state index in [9.17, 15) is 4.79 Å². The zero-order valence-electron chi connectivity index (χ0n) is 10.4. The van der Waals surface area contributed by atoms with Crippen molar-refractivity contribution in [1.82, 2.24) is 19.7 Å². The summed E-state index contributed by atoms with van der Waals surface area (Å²) in [5.41, 5.74) is 1.27. The zero-order chi connectivity index (χ0) is 13.5. The van der Waals surface area contributed by atoms with Crippen molar-refractivity contribution in [2.75, 3.05) is 0 Å². The minimum absolute atomic E-state index is 0.179. The third-order valence-electron chi connectivity index (χ3n) is 3.35. The lowest BCUT2D eigenvalue weighted by molar-refractivity contribution is 0.896. The molecule has 0 amide bonds. The fraction of sp³-hybridized carbons (Fsp3) is 0. The molecule has 2 aromatic heterocycles. The van der Waals surface area contributed by atoms with Gasteiger partial charge in [0.1, 0.15) is 5.39 Å². The van der Waals surface area contributed by atoms with E-state index in [1.54, 1.807) is 4.68 Å². The summed E-state index contributed by atoms with van der Waals surface area (Å²) in [4.78, 5) is 18.4. The maximum Gasteiger partial charge on any atom is 0.261 e. The molecule has 96 valence electrons. The van der Waals surface area contributed by atoms with Crippen LogP contribution in [0.3, 0.4) is 0 Å². The first kappa shape index (κ1) is 10.9. The van der Waals surface area contributed by atoms with Crippen LogP contribution in [0.1, 0.15) is 0 Å². The van der Waals surface area contributed by atoms with Crippen molar-refractivity contribution in [3.8, 4) is 5.69 Å². The van der Waals surface area contributed by atoms with Gasteiger partial charge in [0, 0.05) is 0 Å². The standard InChI is InChI=1S/C15H10N4O/c20-15-13-8-18-19(14(13)16-9-17-15)12-6-5-10-3-1-2-4-11(10)7-12/h1-9H,(H,16,17,20). The van der Waals surface area contributed by atoms with Gasteiger partial charge in [0.05, 0.1) is 18.2 Å². The Labute approximate surface area is 113 Å². The number of aromatic amines is 1. The van der Waals surface area contributed by atoms with E-state index in [0.717, 1.165) is 11.1 Å². The summed E-state index contributed by atoms with van der Waals surface area (Å²) in [5, 5.41) is 7.04. The molecule has 1 N–H and O–H groups in total. The molecule has 0 spiro atoms. The maximum absolute atomic E-state index is 11.7. The molecule has 5 nitrogen and oxygen atoms in total. The van der Waals surface area contributed by atoms with Gasteiger partial charge in [0.15, 0.2) is 5.65 Å². The summed E-state index contributed by atoms with van der Waals surface area (Å²) < 4.78 is 1.68. The van der Waals surface area contributed by atoms with Gasteiger partial charge in [-0.3, -0.25) is 4.79 Å². The van der Waals surface area contributed by atoms with E-state index in [1.807, 2.05) is 36.4 Å². The highest BCUT2D eigenvalue weighted by Crippen LogP contribution is 2.19. The highest BCUT2D eigenvalue weighted by Gasteiger charge is 2.08. The number of nitrogens with zero attached hydrogens (tertiary/aromatic N) is 3. The monoisotopic (exact) mass is 262 g/mol. The first-order chi connectivity index (χ1) is 9.83. The molecule has 2 aromatic carbocycles. The third kappa shape index (κ3) is 1.53. The van der Waals surface area contributed by atoms with Gasteiger partial charge in [-0.25, -0.2) is 9.67 Å². The largest absolute Gasteiger partial charge is 0.312 e. The van der Waals surface area contributed by atoms with Crippen LogP contribution in [0.5, 0.6) is 0 Å². The quantitative estimate of drug-likeness (QED) is 0.572. The van der Waals surface area contributed by atoms with Crippen molar-refractivity contribution in [2.24, 2.45) is 0 Å². The van der Waals surface area contributed by atoms with Crippen molar-refractivity contribution in [2.45, 2.75) is 0 Å². The molecule has 4 aromatic rings. The maximum atomic E-state index is 11.7. The predicted molar refractivity (Wildman–Crippen MR) is 77.0 cm³/mol. The Morgan fingerprint density at radius 1 is 1.05 bits per heavy atom. The number of rotatable bonds is 1. The van der Waals surface area contributed by atoms with Gasteiger partial charge in [-0.05, 0) is 22.9 Å². The van der Waals surface area contributed by atoms with E-state index >= 15 is 0 Å². The molecule has 2 heterocycles. The Morgan fingerprint density at radius 2 is 1.90 bits per heavy atom. The molecule has 0 fully saturated rings. The van der Waals surface area contributed by atoms with Crippen LogP contribution in [0, 0.1) is 0 Å².